The van der Waals surface area contributed by atoms with E-state index < -0.39 is 0 Å². The van der Waals surface area contributed by atoms with Crippen LogP contribution >= 0.6 is 0 Å². The summed E-state index contributed by atoms with van der Waals surface area (Å²) in [4.78, 5) is 4.96. The van der Waals surface area contributed by atoms with Crippen LogP contribution in [0.2, 0.25) is 0 Å². The van der Waals surface area contributed by atoms with E-state index in [-0.39, 0.29) is 16.6 Å². The SMILES string of the molecule is CC1=NC2(CC(C)C(C)C2)C(C)(C)C(C)(C)O1. The van der Waals surface area contributed by atoms with E-state index in [2.05, 4.69) is 41.5 Å². The van der Waals surface area contributed by atoms with Crippen molar-refractivity contribution in [3.8, 4) is 0 Å². The van der Waals surface area contributed by atoms with Crippen LogP contribution in [0.4, 0.5) is 0 Å². The average molecular weight is 237 g/mol. The highest BCUT2D eigenvalue weighted by molar-refractivity contribution is 5.75. The van der Waals surface area contributed by atoms with E-state index in [0.29, 0.717) is 0 Å². The van der Waals surface area contributed by atoms with Crippen LogP contribution in [0, 0.1) is 17.3 Å². The Morgan fingerprint density at radius 2 is 1.53 bits per heavy atom. The standard InChI is InChI=1S/C15H27NO/c1-10-8-15(9-11(10)2)13(4,5)14(6,7)17-12(3)16-15/h10-11H,8-9H2,1-7H3. The first-order valence-corrected chi connectivity index (χ1v) is 6.87. The van der Waals surface area contributed by atoms with E-state index in [4.69, 9.17) is 9.73 Å². The number of nitrogens with zero attached hydrogens (tertiary/aromatic N) is 1. The molecule has 0 aromatic carbocycles. The third-order valence-corrected chi connectivity index (χ3v) is 5.73. The van der Waals surface area contributed by atoms with Crippen molar-refractivity contribution in [2.24, 2.45) is 22.2 Å². The Balaban J connectivity index is 2.49. The van der Waals surface area contributed by atoms with Gasteiger partial charge in [0.25, 0.3) is 0 Å². The Labute approximate surface area is 106 Å². The first-order valence-electron chi connectivity index (χ1n) is 6.87. The molecule has 2 nitrogen and oxygen atoms in total. The van der Waals surface area contributed by atoms with E-state index in [1.807, 2.05) is 6.92 Å². The molecule has 2 aliphatic rings. The van der Waals surface area contributed by atoms with Gasteiger partial charge in [0.15, 0.2) is 5.90 Å². The van der Waals surface area contributed by atoms with Crippen molar-refractivity contribution < 1.29 is 4.74 Å². The van der Waals surface area contributed by atoms with Crippen LogP contribution in [0.15, 0.2) is 4.99 Å². The smallest absolute Gasteiger partial charge is 0.181 e. The number of aliphatic imine (C=N–C) groups is 1. The summed E-state index contributed by atoms with van der Waals surface area (Å²) in [6.45, 7) is 15.8. The monoisotopic (exact) mass is 237 g/mol. The Bertz CT molecular complexity index is 344. The van der Waals surface area contributed by atoms with Gasteiger partial charge in [-0.15, -0.1) is 0 Å². The van der Waals surface area contributed by atoms with Gasteiger partial charge in [-0.1, -0.05) is 27.7 Å². The van der Waals surface area contributed by atoms with Crippen molar-refractivity contribution in [2.75, 3.05) is 0 Å². The van der Waals surface area contributed by atoms with Gasteiger partial charge in [-0.05, 0) is 38.5 Å². The normalized spacial score (nSPS) is 43.4. The Kier molecular flexibility index (Phi) is 2.65. The summed E-state index contributed by atoms with van der Waals surface area (Å²) in [7, 11) is 0. The predicted molar refractivity (Wildman–Crippen MR) is 72.3 cm³/mol. The van der Waals surface area contributed by atoms with Crippen molar-refractivity contribution in [2.45, 2.75) is 72.4 Å². The summed E-state index contributed by atoms with van der Waals surface area (Å²) >= 11 is 0. The van der Waals surface area contributed by atoms with E-state index >= 15 is 0 Å². The van der Waals surface area contributed by atoms with Crippen LogP contribution in [0.1, 0.15) is 61.3 Å². The first kappa shape index (κ1) is 12.9. The van der Waals surface area contributed by atoms with Crippen molar-refractivity contribution in [3.05, 3.63) is 0 Å². The molecule has 0 radical (unpaired) electrons. The highest BCUT2D eigenvalue weighted by Crippen LogP contribution is 2.58. The van der Waals surface area contributed by atoms with Crippen LogP contribution < -0.4 is 0 Å². The minimum atomic E-state index is -0.136. The number of hydrogen-bond acceptors (Lipinski definition) is 2. The molecule has 0 aromatic heterocycles. The molecule has 17 heavy (non-hydrogen) atoms. The summed E-state index contributed by atoms with van der Waals surface area (Å²) in [6, 6.07) is 0. The fraction of sp³-hybridized carbons (Fsp3) is 0.933. The predicted octanol–water partition coefficient (Wildman–Crippen LogP) is 4.04. The van der Waals surface area contributed by atoms with Gasteiger partial charge in [0.1, 0.15) is 5.60 Å². The summed E-state index contributed by atoms with van der Waals surface area (Å²) in [5, 5.41) is 0. The summed E-state index contributed by atoms with van der Waals surface area (Å²) in [5.74, 6) is 2.40. The molecule has 98 valence electrons. The molecule has 2 atom stereocenters. The maximum Gasteiger partial charge on any atom is 0.181 e. The lowest BCUT2D eigenvalue weighted by molar-refractivity contribution is -0.0873. The second-order valence-corrected chi connectivity index (χ2v) is 7.26. The minimum Gasteiger partial charge on any atom is -0.475 e. The van der Waals surface area contributed by atoms with Crippen molar-refractivity contribution in [1.29, 1.82) is 0 Å². The van der Waals surface area contributed by atoms with Crippen LogP contribution in [0.3, 0.4) is 0 Å². The Hall–Kier alpha value is -0.530. The summed E-state index contributed by atoms with van der Waals surface area (Å²) in [5.41, 5.74) is 0.0266. The molecule has 0 aromatic rings. The first-order chi connectivity index (χ1) is 7.61. The van der Waals surface area contributed by atoms with Gasteiger partial charge in [-0.3, -0.25) is 0 Å². The maximum atomic E-state index is 6.00. The molecule has 1 aliphatic heterocycles. The molecule has 0 bridgehead atoms. The van der Waals surface area contributed by atoms with Crippen molar-refractivity contribution >= 4 is 5.90 Å². The Morgan fingerprint density at radius 3 is 2.00 bits per heavy atom. The molecule has 1 aliphatic carbocycles. The van der Waals surface area contributed by atoms with E-state index in [1.54, 1.807) is 0 Å². The van der Waals surface area contributed by atoms with E-state index in [1.165, 1.54) is 12.8 Å². The topological polar surface area (TPSA) is 21.6 Å². The lowest BCUT2D eigenvalue weighted by Gasteiger charge is -2.54. The summed E-state index contributed by atoms with van der Waals surface area (Å²) in [6.07, 6.45) is 2.40. The van der Waals surface area contributed by atoms with Crippen LogP contribution in [0.25, 0.3) is 0 Å². The van der Waals surface area contributed by atoms with Crippen LogP contribution in [-0.2, 0) is 4.74 Å². The fourth-order valence-electron chi connectivity index (χ4n) is 3.67. The van der Waals surface area contributed by atoms with Gasteiger partial charge in [-0.25, -0.2) is 4.99 Å². The third-order valence-electron chi connectivity index (χ3n) is 5.73. The maximum absolute atomic E-state index is 6.00. The number of hydrogen-bond donors (Lipinski definition) is 0. The van der Waals surface area contributed by atoms with Crippen molar-refractivity contribution in [3.63, 3.8) is 0 Å². The van der Waals surface area contributed by atoms with Crippen LogP contribution in [0.5, 0.6) is 0 Å². The lowest BCUT2D eigenvalue weighted by Crippen LogP contribution is -2.59. The van der Waals surface area contributed by atoms with Gasteiger partial charge in [0.05, 0.1) is 5.54 Å². The zero-order valence-electron chi connectivity index (χ0n) is 12.4. The van der Waals surface area contributed by atoms with Gasteiger partial charge in [0.2, 0.25) is 0 Å². The highest BCUT2D eigenvalue weighted by atomic mass is 16.5. The summed E-state index contributed by atoms with van der Waals surface area (Å²) < 4.78 is 6.00. The Morgan fingerprint density at radius 1 is 1.06 bits per heavy atom. The van der Waals surface area contributed by atoms with Crippen molar-refractivity contribution in [1.82, 2.24) is 0 Å². The molecular weight excluding hydrogens is 210 g/mol. The fourth-order valence-corrected chi connectivity index (χ4v) is 3.67. The molecule has 2 rings (SSSR count). The molecule has 0 N–H and O–H groups in total. The molecule has 1 fully saturated rings. The molecule has 2 heteroatoms. The molecule has 1 saturated carbocycles. The van der Waals surface area contributed by atoms with Gasteiger partial charge >= 0.3 is 0 Å². The minimum absolute atomic E-state index is 0.0810. The zero-order valence-corrected chi connectivity index (χ0v) is 12.4. The van der Waals surface area contributed by atoms with E-state index in [9.17, 15) is 0 Å². The molecule has 1 spiro atoms. The largest absolute Gasteiger partial charge is 0.475 e. The lowest BCUT2D eigenvalue weighted by atomic mass is 9.61. The highest BCUT2D eigenvalue weighted by Gasteiger charge is 2.60. The number of ether oxygens (including phenoxy) is 1. The molecular formula is C15H27NO. The molecule has 0 saturated heterocycles. The molecule has 2 unspecified atom stereocenters. The zero-order chi connectivity index (χ0) is 13.1. The quantitative estimate of drug-likeness (QED) is 0.623. The second-order valence-electron chi connectivity index (χ2n) is 7.26. The van der Waals surface area contributed by atoms with Gasteiger partial charge in [-0.2, -0.15) is 0 Å². The second kappa shape index (κ2) is 3.49. The van der Waals surface area contributed by atoms with Gasteiger partial charge < -0.3 is 4.74 Å². The number of rotatable bonds is 0. The molecule has 0 amide bonds. The van der Waals surface area contributed by atoms with Gasteiger partial charge in [0, 0.05) is 12.3 Å². The molecule has 1 heterocycles. The van der Waals surface area contributed by atoms with E-state index in [0.717, 1.165) is 17.7 Å². The third kappa shape index (κ3) is 1.63. The average Bonchev–Trinajstić information content (AvgIpc) is 2.39. The van der Waals surface area contributed by atoms with Crippen LogP contribution in [-0.4, -0.2) is 17.0 Å².